The van der Waals surface area contributed by atoms with Gasteiger partial charge in [-0.2, -0.15) is 0 Å². The number of aliphatic hydroxyl groups is 1. The number of aliphatic hydroxyl groups excluding tert-OH is 1. The maximum absolute atomic E-state index is 10.3. The van der Waals surface area contributed by atoms with Crippen LogP contribution in [0.5, 0.6) is 0 Å². The molecule has 1 atom stereocenters. The second-order valence-electron chi connectivity index (χ2n) is 6.80. The lowest BCUT2D eigenvalue weighted by molar-refractivity contribution is 0.0427. The normalized spacial score (nSPS) is 27.1. The molecule has 0 amide bonds. The van der Waals surface area contributed by atoms with Gasteiger partial charge in [0.2, 0.25) is 0 Å². The van der Waals surface area contributed by atoms with Crippen molar-refractivity contribution in [3.05, 3.63) is 18.7 Å². The number of nitrogens with zero attached hydrogens (tertiary/aromatic N) is 2. The van der Waals surface area contributed by atoms with E-state index in [-0.39, 0.29) is 6.10 Å². The third-order valence-electron chi connectivity index (χ3n) is 4.50. The highest BCUT2D eigenvalue weighted by Gasteiger charge is 2.32. The zero-order valence-corrected chi connectivity index (χ0v) is 11.8. The van der Waals surface area contributed by atoms with E-state index in [1.165, 1.54) is 12.8 Å². The van der Waals surface area contributed by atoms with Gasteiger partial charge in [-0.1, -0.05) is 20.8 Å². The van der Waals surface area contributed by atoms with E-state index < -0.39 is 0 Å². The molecular weight excluding hydrogens is 224 g/mol. The van der Waals surface area contributed by atoms with Crippen LogP contribution in [0.15, 0.2) is 18.7 Å². The Morgan fingerprint density at radius 1 is 1.28 bits per heavy atom. The first-order chi connectivity index (χ1) is 8.47. The second kappa shape index (κ2) is 5.43. The molecule has 3 nitrogen and oxygen atoms in total. The first-order valence-electron chi connectivity index (χ1n) is 7.10. The third-order valence-corrected chi connectivity index (χ3v) is 4.50. The highest BCUT2D eigenvalue weighted by atomic mass is 16.3. The largest absolute Gasteiger partial charge is 0.391 e. The van der Waals surface area contributed by atoms with Gasteiger partial charge in [0, 0.05) is 18.9 Å². The topological polar surface area (TPSA) is 38.0 Å². The predicted molar refractivity (Wildman–Crippen MR) is 73.1 cm³/mol. The van der Waals surface area contributed by atoms with E-state index in [9.17, 15) is 5.11 Å². The molecule has 1 aromatic rings. The third kappa shape index (κ3) is 3.35. The zero-order chi connectivity index (χ0) is 13.2. The van der Waals surface area contributed by atoms with Crippen LogP contribution in [0.25, 0.3) is 0 Å². The standard InChI is InChI=1S/C15H26N2O/c1-15(2,3)13-6-4-12(5-7-13)14(18)10-17-9-8-16-11-17/h8-9,11-14,18H,4-7,10H2,1-3H3. The van der Waals surface area contributed by atoms with Gasteiger partial charge in [0.25, 0.3) is 0 Å². The number of hydrogen-bond acceptors (Lipinski definition) is 2. The van der Waals surface area contributed by atoms with Crippen LogP contribution >= 0.6 is 0 Å². The average molecular weight is 250 g/mol. The zero-order valence-electron chi connectivity index (χ0n) is 11.8. The molecule has 1 aliphatic rings. The molecule has 1 N–H and O–H groups in total. The van der Waals surface area contributed by atoms with Crippen molar-refractivity contribution in [2.75, 3.05) is 0 Å². The number of aromatic nitrogens is 2. The first-order valence-corrected chi connectivity index (χ1v) is 7.10. The van der Waals surface area contributed by atoms with E-state index in [0.717, 1.165) is 18.8 Å². The van der Waals surface area contributed by atoms with Gasteiger partial charge in [0.1, 0.15) is 0 Å². The van der Waals surface area contributed by atoms with Crippen LogP contribution in [0.1, 0.15) is 46.5 Å². The van der Waals surface area contributed by atoms with Crippen LogP contribution in [-0.2, 0) is 6.54 Å². The minimum Gasteiger partial charge on any atom is -0.391 e. The molecule has 1 aliphatic carbocycles. The fourth-order valence-corrected chi connectivity index (χ4v) is 3.13. The Morgan fingerprint density at radius 3 is 2.44 bits per heavy atom. The average Bonchev–Trinajstić information content (AvgIpc) is 2.81. The van der Waals surface area contributed by atoms with E-state index in [0.29, 0.717) is 17.9 Å². The van der Waals surface area contributed by atoms with Crippen LogP contribution in [0.2, 0.25) is 0 Å². The summed E-state index contributed by atoms with van der Waals surface area (Å²) in [5.74, 6) is 1.28. The molecule has 0 spiro atoms. The van der Waals surface area contributed by atoms with E-state index in [1.54, 1.807) is 12.5 Å². The molecule has 1 heterocycles. The van der Waals surface area contributed by atoms with E-state index >= 15 is 0 Å². The maximum Gasteiger partial charge on any atom is 0.0946 e. The van der Waals surface area contributed by atoms with Gasteiger partial charge in [-0.05, 0) is 42.9 Å². The summed E-state index contributed by atoms with van der Waals surface area (Å²) in [5, 5.41) is 10.3. The van der Waals surface area contributed by atoms with Crippen LogP contribution in [-0.4, -0.2) is 20.8 Å². The summed E-state index contributed by atoms with van der Waals surface area (Å²) >= 11 is 0. The Bertz CT molecular complexity index is 345. The van der Waals surface area contributed by atoms with E-state index in [2.05, 4.69) is 25.8 Å². The molecule has 0 aliphatic heterocycles. The predicted octanol–water partition coefficient (Wildman–Crippen LogP) is 3.10. The lowest BCUT2D eigenvalue weighted by Gasteiger charge is -2.38. The van der Waals surface area contributed by atoms with Gasteiger partial charge >= 0.3 is 0 Å². The molecule has 1 saturated carbocycles. The summed E-state index contributed by atoms with van der Waals surface area (Å²) < 4.78 is 1.97. The molecular formula is C15H26N2O. The number of imidazole rings is 1. The van der Waals surface area contributed by atoms with Gasteiger partial charge in [-0.25, -0.2) is 4.98 Å². The summed E-state index contributed by atoms with van der Waals surface area (Å²) in [7, 11) is 0. The van der Waals surface area contributed by atoms with E-state index in [1.807, 2.05) is 10.8 Å². The van der Waals surface area contributed by atoms with Crippen molar-refractivity contribution in [2.24, 2.45) is 17.3 Å². The molecule has 102 valence electrons. The number of hydrogen-bond donors (Lipinski definition) is 1. The minimum atomic E-state index is -0.222. The summed E-state index contributed by atoms with van der Waals surface area (Å²) in [6.45, 7) is 7.69. The molecule has 18 heavy (non-hydrogen) atoms. The smallest absolute Gasteiger partial charge is 0.0946 e. The fraction of sp³-hybridized carbons (Fsp3) is 0.800. The van der Waals surface area contributed by atoms with Gasteiger partial charge in [-0.3, -0.25) is 0 Å². The lowest BCUT2D eigenvalue weighted by atomic mass is 9.69. The molecule has 0 saturated heterocycles. The Kier molecular flexibility index (Phi) is 4.10. The van der Waals surface area contributed by atoms with Crippen molar-refractivity contribution >= 4 is 0 Å². The van der Waals surface area contributed by atoms with Crippen LogP contribution in [0.3, 0.4) is 0 Å². The molecule has 3 heteroatoms. The molecule has 0 radical (unpaired) electrons. The van der Waals surface area contributed by atoms with Crippen molar-refractivity contribution in [2.45, 2.75) is 59.1 Å². The van der Waals surface area contributed by atoms with Crippen LogP contribution in [0.4, 0.5) is 0 Å². The molecule has 0 bridgehead atoms. The SMILES string of the molecule is CC(C)(C)C1CCC(C(O)Cn2ccnc2)CC1. The van der Waals surface area contributed by atoms with Crippen molar-refractivity contribution < 1.29 is 5.11 Å². The minimum absolute atomic E-state index is 0.222. The lowest BCUT2D eigenvalue weighted by Crippen LogP contribution is -2.32. The molecule has 1 aromatic heterocycles. The summed E-state index contributed by atoms with van der Waals surface area (Å²) in [6, 6.07) is 0. The Morgan fingerprint density at radius 2 is 1.94 bits per heavy atom. The first kappa shape index (κ1) is 13.6. The summed E-state index contributed by atoms with van der Waals surface area (Å²) in [6.07, 6.45) is 10.1. The van der Waals surface area contributed by atoms with Crippen molar-refractivity contribution in [3.63, 3.8) is 0 Å². The molecule has 0 aromatic carbocycles. The Hall–Kier alpha value is -0.830. The van der Waals surface area contributed by atoms with E-state index in [4.69, 9.17) is 0 Å². The fourth-order valence-electron chi connectivity index (χ4n) is 3.13. The van der Waals surface area contributed by atoms with Crippen molar-refractivity contribution in [3.8, 4) is 0 Å². The van der Waals surface area contributed by atoms with Crippen LogP contribution < -0.4 is 0 Å². The Labute approximate surface area is 110 Å². The van der Waals surface area contributed by atoms with Gasteiger partial charge in [0.15, 0.2) is 0 Å². The highest BCUT2D eigenvalue weighted by Crippen LogP contribution is 2.40. The quantitative estimate of drug-likeness (QED) is 0.895. The van der Waals surface area contributed by atoms with Gasteiger partial charge in [-0.15, -0.1) is 0 Å². The maximum atomic E-state index is 10.3. The van der Waals surface area contributed by atoms with Crippen LogP contribution in [0, 0.1) is 17.3 Å². The summed E-state index contributed by atoms with van der Waals surface area (Å²) in [5.41, 5.74) is 0.417. The highest BCUT2D eigenvalue weighted by molar-refractivity contribution is 4.84. The van der Waals surface area contributed by atoms with Gasteiger partial charge < -0.3 is 9.67 Å². The van der Waals surface area contributed by atoms with Crippen molar-refractivity contribution in [1.29, 1.82) is 0 Å². The van der Waals surface area contributed by atoms with Crippen molar-refractivity contribution in [1.82, 2.24) is 9.55 Å². The molecule has 1 fully saturated rings. The monoisotopic (exact) mass is 250 g/mol. The second-order valence-corrected chi connectivity index (χ2v) is 6.80. The molecule has 1 unspecified atom stereocenters. The number of rotatable bonds is 3. The van der Waals surface area contributed by atoms with Gasteiger partial charge in [0.05, 0.1) is 12.4 Å². The molecule has 2 rings (SSSR count). The summed E-state index contributed by atoms with van der Waals surface area (Å²) in [4.78, 5) is 4.02. The Balaban J connectivity index is 1.82.